The van der Waals surface area contributed by atoms with Gasteiger partial charge in [0.1, 0.15) is 5.60 Å². The molecule has 1 aromatic rings. The van der Waals surface area contributed by atoms with Crippen LogP contribution in [0.3, 0.4) is 0 Å². The monoisotopic (exact) mass is 306 g/mol. The first-order valence-corrected chi connectivity index (χ1v) is 7.96. The molecule has 4 nitrogen and oxygen atoms in total. The second-order valence-corrected chi connectivity index (χ2v) is 7.06. The van der Waals surface area contributed by atoms with Crippen LogP contribution >= 0.6 is 0 Å². The molecule has 1 amide bonds. The van der Waals surface area contributed by atoms with E-state index in [9.17, 15) is 4.79 Å². The molecule has 0 spiro atoms. The molecule has 0 saturated carbocycles. The van der Waals surface area contributed by atoms with Gasteiger partial charge in [0.2, 0.25) is 0 Å². The quantitative estimate of drug-likeness (QED) is 0.840. The average Bonchev–Trinajstić information content (AvgIpc) is 2.41. The predicted molar refractivity (Wildman–Crippen MR) is 91.1 cm³/mol. The Kier molecular flexibility index (Phi) is 6.88. The van der Waals surface area contributed by atoms with Crippen LogP contribution in [0.15, 0.2) is 24.3 Å². The molecule has 2 N–H and O–H groups in total. The van der Waals surface area contributed by atoms with Crippen molar-refractivity contribution in [2.75, 3.05) is 6.54 Å². The van der Waals surface area contributed by atoms with Crippen molar-refractivity contribution in [2.24, 2.45) is 0 Å². The summed E-state index contributed by atoms with van der Waals surface area (Å²) in [6.07, 6.45) is -0.373. The molecule has 22 heavy (non-hydrogen) atoms. The Morgan fingerprint density at radius 2 is 1.73 bits per heavy atom. The molecule has 0 aliphatic rings. The Bertz CT molecular complexity index is 461. The van der Waals surface area contributed by atoms with Crippen LogP contribution in [0.1, 0.15) is 58.6 Å². The number of hydrogen-bond acceptors (Lipinski definition) is 3. The van der Waals surface area contributed by atoms with Crippen LogP contribution in [0.4, 0.5) is 4.79 Å². The summed E-state index contributed by atoms with van der Waals surface area (Å²) in [5.74, 6) is 0.555. The van der Waals surface area contributed by atoms with E-state index >= 15 is 0 Å². The normalized spacial score (nSPS) is 13.0. The fourth-order valence-electron chi connectivity index (χ4n) is 1.94. The summed E-state index contributed by atoms with van der Waals surface area (Å²) in [5.41, 5.74) is 2.13. The molecule has 124 valence electrons. The van der Waals surface area contributed by atoms with Crippen LogP contribution in [0.2, 0.25) is 0 Å². The molecule has 0 heterocycles. The Balaban J connectivity index is 2.31. The molecule has 0 radical (unpaired) electrons. The molecule has 0 aliphatic heterocycles. The third kappa shape index (κ3) is 7.46. The van der Waals surface area contributed by atoms with Crippen molar-refractivity contribution in [2.45, 2.75) is 65.6 Å². The Labute approximate surface area is 134 Å². The van der Waals surface area contributed by atoms with Crippen molar-refractivity contribution in [3.63, 3.8) is 0 Å². The van der Waals surface area contributed by atoms with Gasteiger partial charge >= 0.3 is 6.09 Å². The van der Waals surface area contributed by atoms with Crippen molar-refractivity contribution in [1.29, 1.82) is 0 Å². The van der Waals surface area contributed by atoms with Gasteiger partial charge in [-0.1, -0.05) is 38.1 Å². The highest BCUT2D eigenvalue weighted by molar-refractivity contribution is 5.67. The first kappa shape index (κ1) is 18.5. The third-order valence-corrected chi connectivity index (χ3v) is 3.25. The van der Waals surface area contributed by atoms with Gasteiger partial charge in [-0.2, -0.15) is 0 Å². The van der Waals surface area contributed by atoms with E-state index in [4.69, 9.17) is 4.74 Å². The molecule has 0 aromatic heterocycles. The van der Waals surface area contributed by atoms with Gasteiger partial charge in [0.05, 0.1) is 0 Å². The first-order valence-electron chi connectivity index (χ1n) is 7.96. The SMILES string of the molecule is CC(CNC(=O)OC(C)(C)C)NCc1ccc(C(C)C)cc1. The van der Waals surface area contributed by atoms with E-state index in [0.717, 1.165) is 6.54 Å². The number of rotatable bonds is 6. The van der Waals surface area contributed by atoms with Crippen molar-refractivity contribution < 1.29 is 9.53 Å². The van der Waals surface area contributed by atoms with Crippen LogP contribution in [0.5, 0.6) is 0 Å². The van der Waals surface area contributed by atoms with Gasteiger partial charge < -0.3 is 15.4 Å². The zero-order chi connectivity index (χ0) is 16.8. The minimum Gasteiger partial charge on any atom is -0.444 e. The van der Waals surface area contributed by atoms with Gasteiger partial charge in [0.25, 0.3) is 0 Å². The summed E-state index contributed by atoms with van der Waals surface area (Å²) >= 11 is 0. The number of amides is 1. The zero-order valence-corrected chi connectivity index (χ0v) is 14.7. The van der Waals surface area contributed by atoms with Gasteiger partial charge in [-0.15, -0.1) is 0 Å². The minimum absolute atomic E-state index is 0.178. The molecule has 0 saturated heterocycles. The van der Waals surface area contributed by atoms with Gasteiger partial charge in [-0.25, -0.2) is 4.79 Å². The highest BCUT2D eigenvalue weighted by atomic mass is 16.6. The number of ether oxygens (including phenoxy) is 1. The lowest BCUT2D eigenvalue weighted by molar-refractivity contribution is 0.0523. The second-order valence-electron chi connectivity index (χ2n) is 7.06. The summed E-state index contributed by atoms with van der Waals surface area (Å²) in [4.78, 5) is 11.6. The van der Waals surface area contributed by atoms with E-state index in [1.54, 1.807) is 0 Å². The first-order chi connectivity index (χ1) is 10.2. The van der Waals surface area contributed by atoms with E-state index in [2.05, 4.69) is 48.7 Å². The highest BCUT2D eigenvalue weighted by Gasteiger charge is 2.16. The van der Waals surface area contributed by atoms with Crippen LogP contribution in [-0.4, -0.2) is 24.3 Å². The second kappa shape index (κ2) is 8.18. The van der Waals surface area contributed by atoms with Gasteiger partial charge in [0.15, 0.2) is 0 Å². The van der Waals surface area contributed by atoms with Crippen LogP contribution in [0, 0.1) is 0 Å². The molecule has 0 aliphatic carbocycles. The Morgan fingerprint density at radius 1 is 1.14 bits per heavy atom. The Hall–Kier alpha value is -1.55. The maximum absolute atomic E-state index is 11.6. The molecule has 1 aromatic carbocycles. The maximum Gasteiger partial charge on any atom is 0.407 e. The molecule has 1 rings (SSSR count). The van der Waals surface area contributed by atoms with E-state index in [-0.39, 0.29) is 12.1 Å². The lowest BCUT2D eigenvalue weighted by atomic mass is 10.0. The number of carbonyl (C=O) groups excluding carboxylic acids is 1. The lowest BCUT2D eigenvalue weighted by Gasteiger charge is -2.21. The fraction of sp³-hybridized carbons (Fsp3) is 0.611. The maximum atomic E-state index is 11.6. The summed E-state index contributed by atoms with van der Waals surface area (Å²) in [5, 5.41) is 6.17. The van der Waals surface area contributed by atoms with Crippen molar-refractivity contribution >= 4 is 6.09 Å². The summed E-state index contributed by atoms with van der Waals surface area (Å²) in [6, 6.07) is 8.82. The largest absolute Gasteiger partial charge is 0.444 e. The zero-order valence-electron chi connectivity index (χ0n) is 14.7. The lowest BCUT2D eigenvalue weighted by Crippen LogP contribution is -2.40. The molecule has 4 heteroatoms. The molecule has 1 unspecified atom stereocenters. The van der Waals surface area contributed by atoms with Crippen LogP contribution in [0.25, 0.3) is 0 Å². The summed E-state index contributed by atoms with van der Waals surface area (Å²) in [6.45, 7) is 13.3. The Morgan fingerprint density at radius 3 is 2.23 bits per heavy atom. The smallest absolute Gasteiger partial charge is 0.407 e. The van der Waals surface area contributed by atoms with Gasteiger partial charge in [0, 0.05) is 19.1 Å². The average molecular weight is 306 g/mol. The van der Waals surface area contributed by atoms with Crippen molar-refractivity contribution in [1.82, 2.24) is 10.6 Å². The fourth-order valence-corrected chi connectivity index (χ4v) is 1.94. The topological polar surface area (TPSA) is 50.4 Å². The number of alkyl carbamates (subject to hydrolysis) is 1. The number of carbonyl (C=O) groups is 1. The van der Waals surface area contributed by atoms with E-state index in [1.165, 1.54) is 11.1 Å². The van der Waals surface area contributed by atoms with Crippen molar-refractivity contribution in [3.8, 4) is 0 Å². The van der Waals surface area contributed by atoms with E-state index in [0.29, 0.717) is 12.5 Å². The molecule has 0 bridgehead atoms. The summed E-state index contributed by atoms with van der Waals surface area (Å²) in [7, 11) is 0. The highest BCUT2D eigenvalue weighted by Crippen LogP contribution is 2.14. The molecule has 1 atom stereocenters. The predicted octanol–water partition coefficient (Wildman–Crippen LogP) is 3.81. The van der Waals surface area contributed by atoms with Gasteiger partial charge in [-0.3, -0.25) is 0 Å². The summed E-state index contributed by atoms with van der Waals surface area (Å²) < 4.78 is 5.21. The number of nitrogens with one attached hydrogen (secondary N) is 2. The molecular weight excluding hydrogens is 276 g/mol. The van der Waals surface area contributed by atoms with Crippen molar-refractivity contribution in [3.05, 3.63) is 35.4 Å². The standard InChI is InChI=1S/C18H30N2O2/c1-13(2)16-9-7-15(8-10-16)12-19-14(3)11-20-17(21)22-18(4,5)6/h7-10,13-14,19H,11-12H2,1-6H3,(H,20,21). The molecular formula is C18H30N2O2. The van der Waals surface area contributed by atoms with Crippen LogP contribution < -0.4 is 10.6 Å². The van der Waals surface area contributed by atoms with Gasteiger partial charge in [-0.05, 0) is 44.7 Å². The third-order valence-electron chi connectivity index (χ3n) is 3.25. The number of benzene rings is 1. The van der Waals surface area contributed by atoms with E-state index < -0.39 is 5.60 Å². The van der Waals surface area contributed by atoms with Crippen LogP contribution in [-0.2, 0) is 11.3 Å². The molecule has 0 fully saturated rings. The van der Waals surface area contributed by atoms with E-state index in [1.807, 2.05) is 27.7 Å². The minimum atomic E-state index is -0.459. The number of hydrogen-bond donors (Lipinski definition) is 2.